The highest BCUT2D eigenvalue weighted by molar-refractivity contribution is 7.11. The Kier molecular flexibility index (Phi) is 4.58. The van der Waals surface area contributed by atoms with E-state index in [9.17, 15) is 4.79 Å². The molecular formula is C10H16N2O2S. The SMILES string of the molecule is CONC(=O)N[C@@H](C)Cc1ccc(C)s1. The number of urea groups is 1. The van der Waals surface area contributed by atoms with Gasteiger partial charge in [-0.1, -0.05) is 0 Å². The van der Waals surface area contributed by atoms with Gasteiger partial charge in [-0.3, -0.25) is 4.84 Å². The molecule has 2 amide bonds. The number of hydrogen-bond acceptors (Lipinski definition) is 3. The van der Waals surface area contributed by atoms with Gasteiger partial charge in [-0.05, 0) is 26.0 Å². The van der Waals surface area contributed by atoms with Crippen LogP contribution in [-0.2, 0) is 11.3 Å². The minimum atomic E-state index is -0.307. The van der Waals surface area contributed by atoms with Gasteiger partial charge in [0.05, 0.1) is 7.11 Å². The molecule has 0 saturated heterocycles. The normalized spacial score (nSPS) is 12.2. The quantitative estimate of drug-likeness (QED) is 0.773. The second-order valence-corrected chi connectivity index (χ2v) is 4.77. The Hall–Kier alpha value is -1.07. The van der Waals surface area contributed by atoms with E-state index in [2.05, 4.69) is 34.7 Å². The minimum absolute atomic E-state index is 0.0956. The van der Waals surface area contributed by atoms with Gasteiger partial charge >= 0.3 is 6.03 Å². The van der Waals surface area contributed by atoms with Crippen LogP contribution in [0.1, 0.15) is 16.7 Å². The molecule has 15 heavy (non-hydrogen) atoms. The Morgan fingerprint density at radius 2 is 2.33 bits per heavy atom. The third kappa shape index (κ3) is 4.31. The van der Waals surface area contributed by atoms with Crippen LogP contribution in [0.3, 0.4) is 0 Å². The Labute approximate surface area is 93.6 Å². The zero-order valence-corrected chi connectivity index (χ0v) is 9.98. The topological polar surface area (TPSA) is 50.4 Å². The van der Waals surface area contributed by atoms with Crippen LogP contribution < -0.4 is 10.8 Å². The number of carbonyl (C=O) groups excluding carboxylic acids is 1. The molecule has 2 N–H and O–H groups in total. The monoisotopic (exact) mass is 228 g/mol. The van der Waals surface area contributed by atoms with Gasteiger partial charge in [-0.15, -0.1) is 11.3 Å². The highest BCUT2D eigenvalue weighted by atomic mass is 32.1. The Balaban J connectivity index is 2.35. The molecule has 1 rings (SSSR count). The summed E-state index contributed by atoms with van der Waals surface area (Å²) < 4.78 is 0. The lowest BCUT2D eigenvalue weighted by Crippen LogP contribution is -2.41. The van der Waals surface area contributed by atoms with Gasteiger partial charge in [0.15, 0.2) is 0 Å². The van der Waals surface area contributed by atoms with E-state index in [0.29, 0.717) is 0 Å². The van der Waals surface area contributed by atoms with E-state index in [1.54, 1.807) is 11.3 Å². The lowest BCUT2D eigenvalue weighted by atomic mass is 10.2. The molecule has 1 atom stereocenters. The molecule has 0 aliphatic rings. The Morgan fingerprint density at radius 3 is 2.87 bits per heavy atom. The van der Waals surface area contributed by atoms with Crippen molar-refractivity contribution in [2.75, 3.05) is 7.11 Å². The number of carbonyl (C=O) groups is 1. The predicted octanol–water partition coefficient (Wildman–Crippen LogP) is 1.85. The molecule has 0 aromatic carbocycles. The first kappa shape index (κ1) is 12.0. The number of rotatable bonds is 4. The summed E-state index contributed by atoms with van der Waals surface area (Å²) in [5.74, 6) is 0. The molecule has 0 unspecified atom stereocenters. The lowest BCUT2D eigenvalue weighted by molar-refractivity contribution is 0.106. The van der Waals surface area contributed by atoms with Gasteiger partial charge in [-0.2, -0.15) is 0 Å². The van der Waals surface area contributed by atoms with Crippen LogP contribution in [0.4, 0.5) is 4.79 Å². The third-order valence-corrected chi connectivity index (χ3v) is 2.90. The van der Waals surface area contributed by atoms with Crippen LogP contribution in [0.25, 0.3) is 0 Å². The molecule has 0 bridgehead atoms. The molecule has 0 radical (unpaired) electrons. The summed E-state index contributed by atoms with van der Waals surface area (Å²) in [6.07, 6.45) is 0.843. The van der Waals surface area contributed by atoms with Crippen molar-refractivity contribution in [2.45, 2.75) is 26.3 Å². The fourth-order valence-electron chi connectivity index (χ4n) is 1.29. The standard InChI is InChI=1S/C10H16N2O2S/c1-7(11-10(13)12-14-3)6-9-5-4-8(2)15-9/h4-5,7H,6H2,1-3H3,(H2,11,12,13)/t7-/m0/s1. The van der Waals surface area contributed by atoms with E-state index in [4.69, 9.17) is 0 Å². The van der Waals surface area contributed by atoms with Crippen molar-refractivity contribution < 1.29 is 9.63 Å². The zero-order chi connectivity index (χ0) is 11.3. The van der Waals surface area contributed by atoms with Crippen molar-refractivity contribution in [2.24, 2.45) is 0 Å². The van der Waals surface area contributed by atoms with Gasteiger partial charge in [0, 0.05) is 22.2 Å². The maximum Gasteiger partial charge on any atom is 0.338 e. The summed E-state index contributed by atoms with van der Waals surface area (Å²) in [7, 11) is 1.41. The lowest BCUT2D eigenvalue weighted by Gasteiger charge is -2.12. The third-order valence-electron chi connectivity index (χ3n) is 1.88. The molecule has 0 spiro atoms. The number of thiophene rings is 1. The first-order valence-corrected chi connectivity index (χ1v) is 5.58. The zero-order valence-electron chi connectivity index (χ0n) is 9.16. The number of amides is 2. The van der Waals surface area contributed by atoms with Crippen LogP contribution in [0.15, 0.2) is 12.1 Å². The first-order chi connectivity index (χ1) is 7.11. The van der Waals surface area contributed by atoms with Crippen molar-refractivity contribution in [3.05, 3.63) is 21.9 Å². The van der Waals surface area contributed by atoms with E-state index < -0.39 is 0 Å². The van der Waals surface area contributed by atoms with E-state index in [1.807, 2.05) is 6.92 Å². The highest BCUT2D eigenvalue weighted by Crippen LogP contribution is 2.16. The molecule has 1 aromatic rings. The Morgan fingerprint density at radius 1 is 1.60 bits per heavy atom. The van der Waals surface area contributed by atoms with Crippen molar-refractivity contribution in [1.29, 1.82) is 0 Å². The van der Waals surface area contributed by atoms with Crippen molar-refractivity contribution >= 4 is 17.4 Å². The van der Waals surface area contributed by atoms with Crippen molar-refractivity contribution in [1.82, 2.24) is 10.8 Å². The molecule has 0 aliphatic carbocycles. The minimum Gasteiger partial charge on any atom is -0.334 e. The van der Waals surface area contributed by atoms with Gasteiger partial charge in [-0.25, -0.2) is 10.3 Å². The molecule has 0 fully saturated rings. The average Bonchev–Trinajstić information content (AvgIpc) is 2.51. The maximum atomic E-state index is 11.1. The molecule has 0 saturated carbocycles. The highest BCUT2D eigenvalue weighted by Gasteiger charge is 2.08. The number of hydroxylamine groups is 1. The van der Waals surface area contributed by atoms with E-state index in [-0.39, 0.29) is 12.1 Å². The molecular weight excluding hydrogens is 212 g/mol. The summed E-state index contributed by atoms with van der Waals surface area (Å²) in [6.45, 7) is 4.04. The molecule has 0 aliphatic heterocycles. The van der Waals surface area contributed by atoms with E-state index in [0.717, 1.165) is 6.42 Å². The van der Waals surface area contributed by atoms with Gasteiger partial charge in [0.25, 0.3) is 0 Å². The van der Waals surface area contributed by atoms with Gasteiger partial charge < -0.3 is 5.32 Å². The summed E-state index contributed by atoms with van der Waals surface area (Å²) >= 11 is 1.75. The molecule has 4 nitrogen and oxygen atoms in total. The summed E-state index contributed by atoms with van der Waals surface area (Å²) in [6, 6.07) is 3.96. The van der Waals surface area contributed by atoms with Crippen LogP contribution in [-0.4, -0.2) is 19.2 Å². The molecule has 5 heteroatoms. The van der Waals surface area contributed by atoms with Crippen molar-refractivity contribution in [3.63, 3.8) is 0 Å². The number of nitrogens with one attached hydrogen (secondary N) is 2. The van der Waals surface area contributed by atoms with Gasteiger partial charge in [0.2, 0.25) is 0 Å². The second kappa shape index (κ2) is 5.72. The average molecular weight is 228 g/mol. The van der Waals surface area contributed by atoms with Crippen LogP contribution in [0.5, 0.6) is 0 Å². The largest absolute Gasteiger partial charge is 0.338 e. The van der Waals surface area contributed by atoms with Crippen molar-refractivity contribution in [3.8, 4) is 0 Å². The molecule has 84 valence electrons. The van der Waals surface area contributed by atoms with Gasteiger partial charge in [0.1, 0.15) is 0 Å². The fourth-order valence-corrected chi connectivity index (χ4v) is 2.31. The summed E-state index contributed by atoms with van der Waals surface area (Å²) in [5, 5.41) is 2.77. The summed E-state index contributed by atoms with van der Waals surface area (Å²) in [5.41, 5.74) is 2.22. The number of hydrogen-bond donors (Lipinski definition) is 2. The van der Waals surface area contributed by atoms with Crippen LogP contribution in [0.2, 0.25) is 0 Å². The fraction of sp³-hybridized carbons (Fsp3) is 0.500. The van der Waals surface area contributed by atoms with Crippen LogP contribution >= 0.6 is 11.3 Å². The second-order valence-electron chi connectivity index (χ2n) is 3.40. The van der Waals surface area contributed by atoms with Crippen LogP contribution in [0, 0.1) is 6.92 Å². The Bertz CT molecular complexity index is 325. The van der Waals surface area contributed by atoms with E-state index in [1.165, 1.54) is 16.9 Å². The smallest absolute Gasteiger partial charge is 0.334 e. The summed E-state index contributed by atoms with van der Waals surface area (Å²) in [4.78, 5) is 18.2. The molecule has 1 heterocycles. The number of aryl methyl sites for hydroxylation is 1. The first-order valence-electron chi connectivity index (χ1n) is 4.76. The predicted molar refractivity (Wildman–Crippen MR) is 60.9 cm³/mol. The van der Waals surface area contributed by atoms with E-state index >= 15 is 0 Å². The maximum absolute atomic E-state index is 11.1. The molecule has 1 aromatic heterocycles.